The Morgan fingerprint density at radius 2 is 1.76 bits per heavy atom. The number of aromatic nitrogens is 2. The average Bonchev–Trinajstić information content (AvgIpc) is 3.24. The number of hydrogen-bond donors (Lipinski definition) is 1. The monoisotopic (exact) mass is 495 g/mol. The number of fused-ring (bicyclic) bond motifs is 1. The number of amides is 1. The normalized spacial score (nSPS) is 11.4. The van der Waals surface area contributed by atoms with Crippen molar-refractivity contribution in [3.63, 3.8) is 0 Å². The van der Waals surface area contributed by atoms with E-state index in [1.807, 2.05) is 19.2 Å². The molecule has 0 aliphatic carbocycles. The standard InChI is InChI=1S/C31H37N5O/c1-8-28(37)33-27-20-24(12-11-22(27)4)29-26-10-9-17-32-31(26)36(21(2)3)30(29)23-13-15-25(16-14-23)35(7)19-18-34(5)6/h8-17,20-21H,1,18-19H2,2-7H3,(H,33,37). The first-order valence-electron chi connectivity index (χ1n) is 12.7. The summed E-state index contributed by atoms with van der Waals surface area (Å²) in [5.41, 5.74) is 8.30. The van der Waals surface area contributed by atoms with E-state index in [2.05, 4.69) is 110 Å². The minimum atomic E-state index is -0.222. The van der Waals surface area contributed by atoms with Crippen molar-refractivity contribution < 1.29 is 4.79 Å². The van der Waals surface area contributed by atoms with Gasteiger partial charge in [-0.3, -0.25) is 4.79 Å². The number of rotatable bonds is 9. The first-order chi connectivity index (χ1) is 17.7. The summed E-state index contributed by atoms with van der Waals surface area (Å²) in [7, 11) is 6.32. The van der Waals surface area contributed by atoms with Gasteiger partial charge in [0.2, 0.25) is 5.91 Å². The second-order valence-electron chi connectivity index (χ2n) is 10.1. The van der Waals surface area contributed by atoms with Crippen LogP contribution in [-0.2, 0) is 4.79 Å². The van der Waals surface area contributed by atoms with Crippen LogP contribution in [0, 0.1) is 6.92 Å². The molecule has 0 fully saturated rings. The molecule has 37 heavy (non-hydrogen) atoms. The van der Waals surface area contributed by atoms with Crippen LogP contribution in [0.2, 0.25) is 0 Å². The number of carbonyl (C=O) groups is 1. The first-order valence-corrected chi connectivity index (χ1v) is 12.7. The van der Waals surface area contributed by atoms with E-state index in [9.17, 15) is 4.79 Å². The number of likely N-dealkylation sites (N-methyl/N-ethyl adjacent to an activating group) is 2. The Kier molecular flexibility index (Phi) is 7.79. The zero-order valence-corrected chi connectivity index (χ0v) is 22.7. The lowest BCUT2D eigenvalue weighted by Gasteiger charge is -2.22. The van der Waals surface area contributed by atoms with Crippen LogP contribution in [0.3, 0.4) is 0 Å². The van der Waals surface area contributed by atoms with Gasteiger partial charge in [0, 0.05) is 54.7 Å². The second-order valence-corrected chi connectivity index (χ2v) is 10.1. The van der Waals surface area contributed by atoms with Gasteiger partial charge >= 0.3 is 0 Å². The highest BCUT2D eigenvalue weighted by Crippen LogP contribution is 2.43. The highest BCUT2D eigenvalue weighted by Gasteiger charge is 2.23. The van der Waals surface area contributed by atoms with Crippen LogP contribution in [0.15, 0.2) is 73.4 Å². The van der Waals surface area contributed by atoms with Gasteiger partial charge in [-0.2, -0.15) is 0 Å². The van der Waals surface area contributed by atoms with E-state index in [0.29, 0.717) is 0 Å². The molecule has 2 aromatic carbocycles. The van der Waals surface area contributed by atoms with E-state index in [0.717, 1.165) is 57.8 Å². The predicted molar refractivity (Wildman–Crippen MR) is 156 cm³/mol. The minimum absolute atomic E-state index is 0.203. The van der Waals surface area contributed by atoms with Gasteiger partial charge in [-0.25, -0.2) is 4.98 Å². The van der Waals surface area contributed by atoms with Gasteiger partial charge in [0.05, 0.1) is 5.69 Å². The van der Waals surface area contributed by atoms with E-state index in [4.69, 9.17) is 4.98 Å². The molecule has 4 aromatic rings. The molecule has 0 bridgehead atoms. The maximum absolute atomic E-state index is 12.1. The SMILES string of the molecule is C=CC(=O)Nc1cc(-c2c(-c3ccc(N(C)CCN(C)C)cc3)n(C(C)C)c3ncccc23)ccc1C. The van der Waals surface area contributed by atoms with Gasteiger partial charge in [0.1, 0.15) is 5.65 Å². The molecule has 2 heterocycles. The van der Waals surface area contributed by atoms with E-state index < -0.39 is 0 Å². The summed E-state index contributed by atoms with van der Waals surface area (Å²) in [4.78, 5) is 21.4. The maximum atomic E-state index is 12.1. The maximum Gasteiger partial charge on any atom is 0.247 e. The van der Waals surface area contributed by atoms with Crippen LogP contribution in [0.25, 0.3) is 33.4 Å². The molecule has 0 unspecified atom stereocenters. The second kappa shape index (κ2) is 11.0. The van der Waals surface area contributed by atoms with Crippen LogP contribution >= 0.6 is 0 Å². The zero-order valence-electron chi connectivity index (χ0n) is 22.7. The smallest absolute Gasteiger partial charge is 0.247 e. The molecule has 6 nitrogen and oxygen atoms in total. The van der Waals surface area contributed by atoms with Gasteiger partial charge in [-0.15, -0.1) is 0 Å². The number of aryl methyl sites for hydroxylation is 1. The van der Waals surface area contributed by atoms with Crippen molar-refractivity contribution in [2.24, 2.45) is 0 Å². The molecule has 1 amide bonds. The van der Waals surface area contributed by atoms with Crippen molar-refractivity contribution in [3.8, 4) is 22.4 Å². The molecule has 2 aromatic heterocycles. The Bertz CT molecular complexity index is 1420. The largest absolute Gasteiger partial charge is 0.373 e. The van der Waals surface area contributed by atoms with Crippen LogP contribution in [0.5, 0.6) is 0 Å². The fourth-order valence-electron chi connectivity index (χ4n) is 4.67. The minimum Gasteiger partial charge on any atom is -0.373 e. The van der Waals surface area contributed by atoms with E-state index >= 15 is 0 Å². The van der Waals surface area contributed by atoms with E-state index in [-0.39, 0.29) is 11.9 Å². The van der Waals surface area contributed by atoms with Gasteiger partial charge in [-0.1, -0.05) is 30.8 Å². The summed E-state index contributed by atoms with van der Waals surface area (Å²) in [6, 6.07) is 19.3. The van der Waals surface area contributed by atoms with Crippen LogP contribution in [0.4, 0.5) is 11.4 Å². The van der Waals surface area contributed by atoms with Crippen LogP contribution in [-0.4, -0.2) is 54.6 Å². The fourth-order valence-corrected chi connectivity index (χ4v) is 4.67. The highest BCUT2D eigenvalue weighted by atomic mass is 16.1. The molecule has 192 valence electrons. The lowest BCUT2D eigenvalue weighted by molar-refractivity contribution is -0.111. The van der Waals surface area contributed by atoms with Crippen LogP contribution in [0.1, 0.15) is 25.5 Å². The zero-order chi connectivity index (χ0) is 26.7. The van der Waals surface area contributed by atoms with Crippen molar-refractivity contribution in [2.75, 3.05) is 44.4 Å². The van der Waals surface area contributed by atoms with Crippen LogP contribution < -0.4 is 10.2 Å². The Hall–Kier alpha value is -3.90. The molecule has 6 heteroatoms. The summed E-state index contributed by atoms with van der Waals surface area (Å²) in [6.07, 6.45) is 3.14. The molecule has 1 N–H and O–H groups in total. The van der Waals surface area contributed by atoms with Gasteiger partial charge in [0.15, 0.2) is 0 Å². The number of nitrogens with zero attached hydrogens (tertiary/aromatic N) is 4. The lowest BCUT2D eigenvalue weighted by Crippen LogP contribution is -2.28. The highest BCUT2D eigenvalue weighted by molar-refractivity contribution is 6.05. The number of benzene rings is 2. The third-order valence-corrected chi connectivity index (χ3v) is 6.71. The molecule has 0 radical (unpaired) electrons. The third-order valence-electron chi connectivity index (χ3n) is 6.71. The topological polar surface area (TPSA) is 53.4 Å². The number of pyridine rings is 1. The molecular weight excluding hydrogens is 458 g/mol. The van der Waals surface area contributed by atoms with Gasteiger partial charge in [-0.05, 0) is 88.0 Å². The first kappa shape index (κ1) is 26.2. The number of anilines is 2. The van der Waals surface area contributed by atoms with Crippen molar-refractivity contribution >= 4 is 28.3 Å². The fraction of sp³-hybridized carbons (Fsp3) is 0.290. The Morgan fingerprint density at radius 3 is 2.41 bits per heavy atom. The molecule has 0 atom stereocenters. The molecule has 0 spiro atoms. The quantitative estimate of drug-likeness (QED) is 0.274. The lowest BCUT2D eigenvalue weighted by atomic mass is 9.96. The summed E-state index contributed by atoms with van der Waals surface area (Å²) in [6.45, 7) is 11.9. The van der Waals surface area contributed by atoms with E-state index in [1.54, 1.807) is 0 Å². The number of hydrogen-bond acceptors (Lipinski definition) is 4. The van der Waals surface area contributed by atoms with Crippen molar-refractivity contribution in [1.82, 2.24) is 14.5 Å². The number of carbonyl (C=O) groups excluding carboxylic acids is 1. The summed E-state index contributed by atoms with van der Waals surface area (Å²) >= 11 is 0. The molecule has 4 rings (SSSR count). The molecule has 0 aliphatic rings. The molecule has 0 saturated carbocycles. The van der Waals surface area contributed by atoms with E-state index in [1.165, 1.54) is 11.8 Å². The van der Waals surface area contributed by atoms with Crippen molar-refractivity contribution in [2.45, 2.75) is 26.8 Å². The Labute approximate surface area is 220 Å². The summed E-state index contributed by atoms with van der Waals surface area (Å²) in [5, 5.41) is 4.04. The third kappa shape index (κ3) is 5.44. The molecule has 0 aliphatic heterocycles. The van der Waals surface area contributed by atoms with Gasteiger partial charge in [0.25, 0.3) is 0 Å². The Morgan fingerprint density at radius 1 is 1.05 bits per heavy atom. The Balaban J connectivity index is 1.90. The average molecular weight is 496 g/mol. The summed E-state index contributed by atoms with van der Waals surface area (Å²) in [5.74, 6) is -0.222. The summed E-state index contributed by atoms with van der Waals surface area (Å²) < 4.78 is 2.32. The molecular formula is C31H37N5O. The van der Waals surface area contributed by atoms with Crippen molar-refractivity contribution in [3.05, 3.63) is 79.0 Å². The van der Waals surface area contributed by atoms with Crippen molar-refractivity contribution in [1.29, 1.82) is 0 Å². The van der Waals surface area contributed by atoms with Gasteiger partial charge < -0.3 is 19.7 Å². The predicted octanol–water partition coefficient (Wildman–Crippen LogP) is 6.38. The number of nitrogens with one attached hydrogen (secondary N) is 1. The molecule has 0 saturated heterocycles.